The van der Waals surface area contributed by atoms with E-state index >= 15 is 0 Å². The molecule has 0 aliphatic carbocycles. The van der Waals surface area contributed by atoms with Gasteiger partial charge in [0.05, 0.1) is 0 Å². The molecule has 2 fully saturated rings. The van der Waals surface area contributed by atoms with Crippen molar-refractivity contribution in [3.05, 3.63) is 5.82 Å². The molecular weight excluding hydrogens is 298 g/mol. The molecule has 5 heteroatoms. The van der Waals surface area contributed by atoms with Gasteiger partial charge in [-0.25, -0.2) is 4.98 Å². The van der Waals surface area contributed by atoms with Crippen molar-refractivity contribution in [2.45, 2.75) is 62.4 Å². The minimum absolute atomic E-state index is 0.436. The summed E-state index contributed by atoms with van der Waals surface area (Å²) in [7, 11) is 0. The maximum atomic E-state index is 4.72. The summed E-state index contributed by atoms with van der Waals surface area (Å²) in [5.41, 5.74) is 0. The van der Waals surface area contributed by atoms with Crippen molar-refractivity contribution in [1.29, 1.82) is 0 Å². The zero-order valence-corrected chi connectivity index (χ0v) is 12.7. The van der Waals surface area contributed by atoms with E-state index in [1.54, 1.807) is 11.5 Å². The average Bonchev–Trinajstić information content (AvgIpc) is 2.82. The lowest BCUT2D eigenvalue weighted by Gasteiger charge is -2.36. The Morgan fingerprint density at radius 1 is 1.29 bits per heavy atom. The summed E-state index contributed by atoms with van der Waals surface area (Å²) < 4.78 is 4.48. The van der Waals surface area contributed by atoms with Gasteiger partial charge in [-0.05, 0) is 25.7 Å². The van der Waals surface area contributed by atoms with Crippen molar-refractivity contribution in [3.63, 3.8) is 0 Å². The van der Waals surface area contributed by atoms with Crippen LogP contribution in [0.4, 0.5) is 5.13 Å². The second-order valence-electron chi connectivity index (χ2n) is 5.45. The highest BCUT2D eigenvalue weighted by Crippen LogP contribution is 2.42. The van der Waals surface area contributed by atoms with E-state index < -0.39 is 0 Å². The highest BCUT2D eigenvalue weighted by atomic mass is 79.9. The third-order valence-corrected chi connectivity index (χ3v) is 5.34. The molecule has 2 unspecified atom stereocenters. The van der Waals surface area contributed by atoms with E-state index in [2.05, 4.69) is 39.1 Å². The molecule has 1 aromatic rings. The van der Waals surface area contributed by atoms with E-state index in [0.717, 1.165) is 11.0 Å². The lowest BCUT2D eigenvalue weighted by Crippen LogP contribution is -2.43. The van der Waals surface area contributed by atoms with E-state index in [0.29, 0.717) is 22.8 Å². The predicted molar refractivity (Wildman–Crippen MR) is 75.2 cm³/mol. The summed E-state index contributed by atoms with van der Waals surface area (Å²) >= 11 is 5.36. The van der Waals surface area contributed by atoms with E-state index in [9.17, 15) is 0 Å². The lowest BCUT2D eigenvalue weighted by atomic mass is 10.0. The minimum Gasteiger partial charge on any atom is -0.341 e. The first-order valence-electron chi connectivity index (χ1n) is 6.41. The van der Waals surface area contributed by atoms with Gasteiger partial charge in [0.15, 0.2) is 0 Å². The zero-order chi connectivity index (χ0) is 12.0. The van der Waals surface area contributed by atoms with Crippen LogP contribution < -0.4 is 4.90 Å². The summed E-state index contributed by atoms with van der Waals surface area (Å²) in [6.07, 6.45) is 5.16. The number of hydrogen-bond donors (Lipinski definition) is 0. The van der Waals surface area contributed by atoms with Crippen LogP contribution in [0.1, 0.15) is 51.3 Å². The van der Waals surface area contributed by atoms with E-state index in [4.69, 9.17) is 4.98 Å². The molecule has 0 spiro atoms. The van der Waals surface area contributed by atoms with Gasteiger partial charge in [0.1, 0.15) is 5.82 Å². The van der Waals surface area contributed by atoms with Crippen molar-refractivity contribution in [1.82, 2.24) is 9.36 Å². The molecule has 94 valence electrons. The van der Waals surface area contributed by atoms with Crippen LogP contribution in [0.5, 0.6) is 0 Å². The van der Waals surface area contributed by atoms with Crippen molar-refractivity contribution in [2.24, 2.45) is 0 Å². The van der Waals surface area contributed by atoms with E-state index in [1.807, 2.05) is 0 Å². The van der Waals surface area contributed by atoms with Gasteiger partial charge in [-0.2, -0.15) is 4.37 Å². The molecule has 3 nitrogen and oxygen atoms in total. The Morgan fingerprint density at radius 3 is 2.47 bits per heavy atom. The molecule has 2 bridgehead atoms. The van der Waals surface area contributed by atoms with Crippen LogP contribution in [0.3, 0.4) is 0 Å². The fourth-order valence-corrected chi connectivity index (χ4v) is 4.81. The number of rotatable bonds is 2. The number of piperidine rings is 1. The van der Waals surface area contributed by atoms with Gasteiger partial charge in [0, 0.05) is 34.4 Å². The first kappa shape index (κ1) is 11.9. The second kappa shape index (κ2) is 4.50. The third kappa shape index (κ3) is 2.12. The summed E-state index contributed by atoms with van der Waals surface area (Å²) in [5.74, 6) is 1.44. The zero-order valence-electron chi connectivity index (χ0n) is 10.3. The van der Waals surface area contributed by atoms with Gasteiger partial charge in [-0.3, -0.25) is 0 Å². The Balaban J connectivity index is 1.84. The van der Waals surface area contributed by atoms with Crippen molar-refractivity contribution < 1.29 is 0 Å². The molecule has 2 aliphatic rings. The van der Waals surface area contributed by atoms with Crippen LogP contribution >= 0.6 is 27.5 Å². The summed E-state index contributed by atoms with van der Waals surface area (Å²) in [5, 5.41) is 1.15. The standard InChI is InChI=1S/C12H18BrN3S/c1-7(2)11-14-12(17-15-11)16-9-3-4-10(16)6-8(13)5-9/h7-10H,3-6H2,1-2H3. The van der Waals surface area contributed by atoms with Crippen LogP contribution in [0.2, 0.25) is 0 Å². The second-order valence-corrected chi connectivity index (χ2v) is 7.48. The first-order valence-corrected chi connectivity index (χ1v) is 8.10. The molecule has 17 heavy (non-hydrogen) atoms. The monoisotopic (exact) mass is 315 g/mol. The molecule has 2 aliphatic heterocycles. The van der Waals surface area contributed by atoms with Crippen LogP contribution in [0.15, 0.2) is 0 Å². The fraction of sp³-hybridized carbons (Fsp3) is 0.833. The van der Waals surface area contributed by atoms with Crippen LogP contribution in [0, 0.1) is 0 Å². The molecule has 3 heterocycles. The fourth-order valence-electron chi connectivity index (χ4n) is 2.99. The highest BCUT2D eigenvalue weighted by Gasteiger charge is 2.41. The SMILES string of the molecule is CC(C)c1nsc(N2C3CCC2CC(Br)C3)n1. The number of nitrogens with zero attached hydrogens (tertiary/aromatic N) is 3. The first-order chi connectivity index (χ1) is 8.15. The molecular formula is C12H18BrN3S. The van der Waals surface area contributed by atoms with Gasteiger partial charge >= 0.3 is 0 Å². The summed E-state index contributed by atoms with van der Waals surface area (Å²) in [4.78, 5) is 7.96. The molecule has 0 radical (unpaired) electrons. The largest absolute Gasteiger partial charge is 0.341 e. The quantitative estimate of drug-likeness (QED) is 0.781. The molecule has 1 aromatic heterocycles. The number of halogens is 1. The maximum Gasteiger partial charge on any atom is 0.205 e. The lowest BCUT2D eigenvalue weighted by molar-refractivity contribution is 0.482. The molecule has 2 atom stereocenters. The van der Waals surface area contributed by atoms with Crippen molar-refractivity contribution in [2.75, 3.05) is 4.90 Å². The topological polar surface area (TPSA) is 29.0 Å². The minimum atomic E-state index is 0.436. The van der Waals surface area contributed by atoms with E-state index in [1.165, 1.54) is 25.7 Å². The van der Waals surface area contributed by atoms with Gasteiger partial charge in [0.25, 0.3) is 0 Å². The maximum absolute atomic E-state index is 4.72. The van der Waals surface area contributed by atoms with Gasteiger partial charge in [-0.1, -0.05) is 29.8 Å². The van der Waals surface area contributed by atoms with E-state index in [-0.39, 0.29) is 0 Å². The Kier molecular flexibility index (Phi) is 3.15. The average molecular weight is 316 g/mol. The summed E-state index contributed by atoms with van der Waals surface area (Å²) in [6, 6.07) is 1.37. The molecule has 0 saturated carbocycles. The van der Waals surface area contributed by atoms with Crippen molar-refractivity contribution >= 4 is 32.6 Å². The molecule has 0 aromatic carbocycles. The summed E-state index contributed by atoms with van der Waals surface area (Å²) in [6.45, 7) is 4.32. The number of anilines is 1. The Hall–Kier alpha value is -0.160. The Labute approximate surface area is 115 Å². The number of alkyl halides is 1. The molecule has 2 saturated heterocycles. The third-order valence-electron chi connectivity index (χ3n) is 3.84. The molecule has 0 N–H and O–H groups in total. The number of fused-ring (bicyclic) bond motifs is 2. The molecule has 0 amide bonds. The Bertz CT molecular complexity index is 392. The Morgan fingerprint density at radius 2 is 1.94 bits per heavy atom. The smallest absolute Gasteiger partial charge is 0.205 e. The highest BCUT2D eigenvalue weighted by molar-refractivity contribution is 9.09. The van der Waals surface area contributed by atoms with Crippen LogP contribution in [0.25, 0.3) is 0 Å². The normalized spacial score (nSPS) is 32.5. The van der Waals surface area contributed by atoms with Gasteiger partial charge in [-0.15, -0.1) is 0 Å². The predicted octanol–water partition coefficient (Wildman–Crippen LogP) is 3.56. The van der Waals surface area contributed by atoms with Crippen LogP contribution in [-0.4, -0.2) is 26.3 Å². The molecule has 3 rings (SSSR count). The van der Waals surface area contributed by atoms with Crippen molar-refractivity contribution in [3.8, 4) is 0 Å². The van der Waals surface area contributed by atoms with Gasteiger partial charge < -0.3 is 4.90 Å². The number of hydrogen-bond acceptors (Lipinski definition) is 4. The van der Waals surface area contributed by atoms with Crippen LogP contribution in [-0.2, 0) is 0 Å². The number of aromatic nitrogens is 2. The van der Waals surface area contributed by atoms with Gasteiger partial charge in [0.2, 0.25) is 5.13 Å².